The minimum absolute atomic E-state index is 0.173. The van der Waals surface area contributed by atoms with Gasteiger partial charge in [0.2, 0.25) is 5.91 Å². The number of fused-ring (bicyclic) bond motifs is 1. The number of hydrogen-bond acceptors (Lipinski definition) is 3. The molecule has 20 heavy (non-hydrogen) atoms. The van der Waals surface area contributed by atoms with Crippen LogP contribution >= 0.6 is 0 Å². The van der Waals surface area contributed by atoms with Crippen LogP contribution in [-0.2, 0) is 11.2 Å². The molecular formula is C15H21N3O2. The van der Waals surface area contributed by atoms with E-state index >= 15 is 0 Å². The molecule has 0 bridgehead atoms. The van der Waals surface area contributed by atoms with Gasteiger partial charge in [0.25, 0.3) is 5.91 Å². The number of primary amides is 1. The van der Waals surface area contributed by atoms with E-state index in [0.717, 1.165) is 30.6 Å². The molecule has 0 aliphatic carbocycles. The number of nitrogens with one attached hydrogen (secondary N) is 2. The highest BCUT2D eigenvalue weighted by Gasteiger charge is 2.25. The van der Waals surface area contributed by atoms with Crippen molar-refractivity contribution >= 4 is 17.5 Å². The van der Waals surface area contributed by atoms with E-state index in [2.05, 4.69) is 10.6 Å². The summed E-state index contributed by atoms with van der Waals surface area (Å²) in [6, 6.07) is 5.64. The second-order valence-corrected chi connectivity index (χ2v) is 5.83. The zero-order valence-electron chi connectivity index (χ0n) is 12.0. The third-order valence-corrected chi connectivity index (χ3v) is 3.66. The Morgan fingerprint density at radius 1 is 1.40 bits per heavy atom. The summed E-state index contributed by atoms with van der Waals surface area (Å²) < 4.78 is 0. The summed E-state index contributed by atoms with van der Waals surface area (Å²) >= 11 is 0. The van der Waals surface area contributed by atoms with Crippen molar-refractivity contribution in [1.82, 2.24) is 5.32 Å². The lowest BCUT2D eigenvalue weighted by Gasteiger charge is -2.21. The van der Waals surface area contributed by atoms with Gasteiger partial charge in [-0.15, -0.1) is 0 Å². The molecule has 4 N–H and O–H groups in total. The number of nitrogens with two attached hydrogens (primary N) is 1. The summed E-state index contributed by atoms with van der Waals surface area (Å²) in [5.41, 5.74) is 7.43. The summed E-state index contributed by atoms with van der Waals surface area (Å²) in [7, 11) is 0. The number of anilines is 1. The molecule has 1 aliphatic heterocycles. The Labute approximate surface area is 118 Å². The molecule has 5 heteroatoms. The Morgan fingerprint density at radius 2 is 2.15 bits per heavy atom. The maximum Gasteiger partial charge on any atom is 0.251 e. The number of hydrogen-bond donors (Lipinski definition) is 3. The van der Waals surface area contributed by atoms with Gasteiger partial charge in [0.15, 0.2) is 0 Å². The van der Waals surface area contributed by atoms with E-state index in [0.29, 0.717) is 5.56 Å². The molecule has 2 amide bonds. The first-order valence-corrected chi connectivity index (χ1v) is 6.85. The Balaban J connectivity index is 2.04. The summed E-state index contributed by atoms with van der Waals surface area (Å²) in [6.07, 6.45) is 2.06. The number of amides is 2. The quantitative estimate of drug-likeness (QED) is 0.774. The van der Waals surface area contributed by atoms with Crippen molar-refractivity contribution in [3.05, 3.63) is 29.3 Å². The highest BCUT2D eigenvalue weighted by atomic mass is 16.2. The molecule has 108 valence electrons. The molecule has 1 aliphatic rings. The van der Waals surface area contributed by atoms with Crippen molar-refractivity contribution in [3.63, 3.8) is 0 Å². The predicted octanol–water partition coefficient (Wildman–Crippen LogP) is 1.29. The van der Waals surface area contributed by atoms with Gasteiger partial charge in [0.1, 0.15) is 0 Å². The van der Waals surface area contributed by atoms with E-state index in [1.165, 1.54) is 0 Å². The number of rotatable bonds is 4. The summed E-state index contributed by atoms with van der Waals surface area (Å²) in [5.74, 6) is -0.597. The molecule has 0 saturated carbocycles. The third kappa shape index (κ3) is 3.10. The zero-order valence-corrected chi connectivity index (χ0v) is 12.0. The SMILES string of the molecule is CC(C)(CNC(=O)c1ccc2c(c1)CCCN2)C(N)=O. The summed E-state index contributed by atoms with van der Waals surface area (Å²) in [6.45, 7) is 4.64. The standard InChI is InChI=1S/C15H21N3O2/c1-15(2,14(16)20)9-18-13(19)11-5-6-12-10(8-11)4-3-7-17-12/h5-6,8,17H,3-4,7,9H2,1-2H3,(H2,16,20)(H,18,19). The summed E-state index contributed by atoms with van der Waals surface area (Å²) in [5, 5.41) is 6.07. The van der Waals surface area contributed by atoms with Crippen LogP contribution in [0.4, 0.5) is 5.69 Å². The van der Waals surface area contributed by atoms with E-state index in [-0.39, 0.29) is 12.5 Å². The smallest absolute Gasteiger partial charge is 0.251 e. The average Bonchev–Trinajstić information content (AvgIpc) is 2.44. The van der Waals surface area contributed by atoms with Crippen molar-refractivity contribution in [2.75, 3.05) is 18.4 Å². The molecule has 1 heterocycles. The second kappa shape index (κ2) is 5.53. The molecule has 1 aromatic rings. The molecule has 1 aromatic carbocycles. The Hall–Kier alpha value is -2.04. The lowest BCUT2D eigenvalue weighted by Crippen LogP contribution is -2.42. The van der Waals surface area contributed by atoms with Gasteiger partial charge < -0.3 is 16.4 Å². The minimum atomic E-state index is -0.745. The van der Waals surface area contributed by atoms with E-state index in [9.17, 15) is 9.59 Å². The van der Waals surface area contributed by atoms with Gasteiger partial charge in [-0.2, -0.15) is 0 Å². The number of carbonyl (C=O) groups excluding carboxylic acids is 2. The molecular weight excluding hydrogens is 254 g/mol. The highest BCUT2D eigenvalue weighted by molar-refractivity contribution is 5.95. The van der Waals surface area contributed by atoms with Gasteiger partial charge in [-0.1, -0.05) is 0 Å². The Bertz CT molecular complexity index is 538. The van der Waals surface area contributed by atoms with Crippen LogP contribution in [0.1, 0.15) is 36.2 Å². The number of benzene rings is 1. The van der Waals surface area contributed by atoms with Gasteiger partial charge in [0, 0.05) is 24.3 Å². The summed E-state index contributed by atoms with van der Waals surface area (Å²) in [4.78, 5) is 23.3. The minimum Gasteiger partial charge on any atom is -0.385 e. The molecule has 2 rings (SSSR count). The van der Waals surface area contributed by atoms with Crippen molar-refractivity contribution in [2.24, 2.45) is 11.1 Å². The first-order chi connectivity index (χ1) is 9.40. The molecule has 0 unspecified atom stereocenters. The fraction of sp³-hybridized carbons (Fsp3) is 0.467. The highest BCUT2D eigenvalue weighted by Crippen LogP contribution is 2.23. The van der Waals surface area contributed by atoms with Crippen LogP contribution in [0.5, 0.6) is 0 Å². The van der Waals surface area contributed by atoms with Gasteiger partial charge in [-0.25, -0.2) is 0 Å². The molecule has 0 radical (unpaired) electrons. The van der Waals surface area contributed by atoms with Gasteiger partial charge in [-0.05, 0) is 50.5 Å². The first kappa shape index (κ1) is 14.4. The monoisotopic (exact) mass is 275 g/mol. The number of aryl methyl sites for hydroxylation is 1. The second-order valence-electron chi connectivity index (χ2n) is 5.83. The maximum absolute atomic E-state index is 12.1. The molecule has 0 spiro atoms. The van der Waals surface area contributed by atoms with Gasteiger partial charge in [-0.3, -0.25) is 9.59 Å². The zero-order chi connectivity index (χ0) is 14.8. The van der Waals surface area contributed by atoms with E-state index in [4.69, 9.17) is 5.73 Å². The van der Waals surface area contributed by atoms with Crippen LogP contribution in [0.3, 0.4) is 0 Å². The molecule has 0 atom stereocenters. The fourth-order valence-corrected chi connectivity index (χ4v) is 2.11. The van der Waals surface area contributed by atoms with E-state index in [1.54, 1.807) is 19.9 Å². The Morgan fingerprint density at radius 3 is 2.85 bits per heavy atom. The lowest BCUT2D eigenvalue weighted by atomic mass is 9.92. The Kier molecular flexibility index (Phi) is 3.97. The van der Waals surface area contributed by atoms with Crippen LogP contribution in [0.25, 0.3) is 0 Å². The largest absolute Gasteiger partial charge is 0.385 e. The first-order valence-electron chi connectivity index (χ1n) is 6.85. The predicted molar refractivity (Wildman–Crippen MR) is 78.6 cm³/mol. The van der Waals surface area contributed by atoms with Crippen LogP contribution in [0, 0.1) is 5.41 Å². The normalized spacial score (nSPS) is 14.1. The van der Waals surface area contributed by atoms with Gasteiger partial charge in [0.05, 0.1) is 5.41 Å². The van der Waals surface area contributed by atoms with Crippen molar-refractivity contribution in [1.29, 1.82) is 0 Å². The van der Waals surface area contributed by atoms with E-state index < -0.39 is 11.3 Å². The van der Waals surface area contributed by atoms with Crippen LogP contribution in [0.2, 0.25) is 0 Å². The van der Waals surface area contributed by atoms with Crippen molar-refractivity contribution in [2.45, 2.75) is 26.7 Å². The lowest BCUT2D eigenvalue weighted by molar-refractivity contribution is -0.125. The molecule has 0 aromatic heterocycles. The van der Waals surface area contributed by atoms with Crippen LogP contribution in [-0.4, -0.2) is 24.9 Å². The van der Waals surface area contributed by atoms with E-state index in [1.807, 2.05) is 12.1 Å². The molecule has 0 fully saturated rings. The number of carbonyl (C=O) groups is 2. The molecule has 5 nitrogen and oxygen atoms in total. The molecule has 0 saturated heterocycles. The third-order valence-electron chi connectivity index (χ3n) is 3.66. The maximum atomic E-state index is 12.1. The average molecular weight is 275 g/mol. The topological polar surface area (TPSA) is 84.2 Å². The fourth-order valence-electron chi connectivity index (χ4n) is 2.11. The van der Waals surface area contributed by atoms with Gasteiger partial charge >= 0.3 is 0 Å². The van der Waals surface area contributed by atoms with Crippen molar-refractivity contribution < 1.29 is 9.59 Å². The van der Waals surface area contributed by atoms with Crippen LogP contribution in [0.15, 0.2) is 18.2 Å². The van der Waals surface area contributed by atoms with Crippen LogP contribution < -0.4 is 16.4 Å². The van der Waals surface area contributed by atoms with Crippen molar-refractivity contribution in [3.8, 4) is 0 Å².